The molecule has 30 heavy (non-hydrogen) atoms. The Kier molecular flexibility index (Phi) is 5.77. The smallest absolute Gasteiger partial charge is 0.444 e. The molecular formula is C22H32BN3O4. The van der Waals surface area contributed by atoms with Crippen molar-refractivity contribution in [3.63, 3.8) is 0 Å². The van der Waals surface area contributed by atoms with Crippen LogP contribution in [-0.4, -0.2) is 46.3 Å². The largest absolute Gasteiger partial charge is 0.492 e. The van der Waals surface area contributed by atoms with E-state index < -0.39 is 30.0 Å². The highest BCUT2D eigenvalue weighted by Crippen LogP contribution is 2.38. The second-order valence-corrected chi connectivity index (χ2v) is 9.75. The third-order valence-electron chi connectivity index (χ3n) is 5.52. The molecular weight excluding hydrogens is 381 g/mol. The molecule has 1 saturated heterocycles. The summed E-state index contributed by atoms with van der Waals surface area (Å²) in [6.07, 6.45) is 3.35. The molecule has 1 aromatic heterocycles. The third-order valence-corrected chi connectivity index (χ3v) is 5.52. The molecule has 3 rings (SSSR count). The van der Waals surface area contributed by atoms with Gasteiger partial charge in [0, 0.05) is 19.0 Å². The van der Waals surface area contributed by atoms with Crippen LogP contribution in [0.1, 0.15) is 54.0 Å². The van der Waals surface area contributed by atoms with Crippen molar-refractivity contribution in [3.8, 4) is 0 Å². The number of aromatic nitrogens is 2. The lowest BCUT2D eigenvalue weighted by molar-refractivity contribution is 0.00578. The van der Waals surface area contributed by atoms with E-state index in [2.05, 4.69) is 16.5 Å². The zero-order valence-corrected chi connectivity index (χ0v) is 19.2. The maximum atomic E-state index is 12.2. The summed E-state index contributed by atoms with van der Waals surface area (Å²) in [5.74, 6) is 0. The van der Waals surface area contributed by atoms with Crippen LogP contribution in [0.3, 0.4) is 0 Å². The van der Waals surface area contributed by atoms with Crippen molar-refractivity contribution in [2.24, 2.45) is 7.05 Å². The highest BCUT2D eigenvalue weighted by Gasteiger charge is 2.52. The van der Waals surface area contributed by atoms with Crippen molar-refractivity contribution in [2.45, 2.75) is 65.3 Å². The van der Waals surface area contributed by atoms with Crippen molar-refractivity contribution in [2.75, 3.05) is 6.54 Å². The lowest BCUT2D eigenvalue weighted by Gasteiger charge is -2.32. The summed E-state index contributed by atoms with van der Waals surface area (Å²) in [6.45, 7) is 13.8. The number of carbonyl (C=O) groups is 1. The van der Waals surface area contributed by atoms with Gasteiger partial charge in [-0.15, -0.1) is 0 Å². The van der Waals surface area contributed by atoms with E-state index in [9.17, 15) is 4.79 Å². The van der Waals surface area contributed by atoms with Crippen LogP contribution in [0.15, 0.2) is 29.9 Å². The number of benzene rings is 1. The molecule has 0 unspecified atom stereocenters. The van der Waals surface area contributed by atoms with Gasteiger partial charge in [0.05, 0.1) is 22.9 Å². The van der Waals surface area contributed by atoms with Gasteiger partial charge in [-0.05, 0) is 65.6 Å². The molecule has 1 aromatic carbocycles. The second-order valence-electron chi connectivity index (χ2n) is 9.75. The predicted molar refractivity (Wildman–Crippen MR) is 119 cm³/mol. The number of alkyl carbamates (subject to hydrolysis) is 1. The SMILES string of the molecule is Cn1ncc2ccc(C=C(CNC(=O)OC(C)(C)C)B3OC(C)(C)C(C)(C)O3)cc21. The summed E-state index contributed by atoms with van der Waals surface area (Å²) < 4.78 is 19.7. The van der Waals surface area contributed by atoms with Crippen LogP contribution in [-0.2, 0) is 21.1 Å². The van der Waals surface area contributed by atoms with Gasteiger partial charge in [-0.1, -0.05) is 18.2 Å². The van der Waals surface area contributed by atoms with E-state index in [0.717, 1.165) is 21.9 Å². The molecule has 2 aromatic rings. The zero-order valence-electron chi connectivity index (χ0n) is 19.2. The summed E-state index contributed by atoms with van der Waals surface area (Å²) in [7, 11) is 1.34. The standard InChI is InChI=1S/C22H32BN3O4/c1-20(2,3)28-19(27)24-14-17(23-29-21(4,5)22(6,7)30-23)11-15-9-10-16-13-25-26(8)18(16)12-15/h9-13H,14H2,1-8H3,(H,24,27). The maximum absolute atomic E-state index is 12.2. The Morgan fingerprint density at radius 1 is 1.23 bits per heavy atom. The Labute approximate surface area is 178 Å². The van der Waals surface area contributed by atoms with E-state index in [0.29, 0.717) is 0 Å². The van der Waals surface area contributed by atoms with Crippen LogP contribution in [0.5, 0.6) is 0 Å². The van der Waals surface area contributed by atoms with Gasteiger partial charge in [0.25, 0.3) is 0 Å². The molecule has 7 nitrogen and oxygen atoms in total. The monoisotopic (exact) mass is 413 g/mol. The van der Waals surface area contributed by atoms with E-state index in [1.165, 1.54) is 0 Å². The molecule has 1 fully saturated rings. The summed E-state index contributed by atoms with van der Waals surface area (Å²) in [4.78, 5) is 12.2. The van der Waals surface area contributed by atoms with Crippen molar-refractivity contribution in [1.29, 1.82) is 0 Å². The van der Waals surface area contributed by atoms with Gasteiger partial charge in [-0.25, -0.2) is 4.79 Å². The van der Waals surface area contributed by atoms with Crippen molar-refractivity contribution in [1.82, 2.24) is 15.1 Å². The predicted octanol–water partition coefficient (Wildman–Crippen LogP) is 4.11. The Balaban J connectivity index is 1.89. The molecule has 1 aliphatic heterocycles. The average molecular weight is 413 g/mol. The van der Waals surface area contributed by atoms with Gasteiger partial charge in [0.1, 0.15) is 5.60 Å². The first-order chi connectivity index (χ1) is 13.8. The molecule has 0 aliphatic carbocycles. The summed E-state index contributed by atoms with van der Waals surface area (Å²) in [5.41, 5.74) is 1.28. The maximum Gasteiger partial charge on any atom is 0.492 e. The summed E-state index contributed by atoms with van der Waals surface area (Å²) in [5, 5.41) is 8.19. The zero-order chi connectivity index (χ0) is 22.3. The first-order valence-electron chi connectivity index (χ1n) is 10.2. The Hall–Kier alpha value is -2.32. The number of amides is 1. The number of ether oxygens (including phenoxy) is 1. The number of aryl methyl sites for hydroxylation is 1. The number of hydrogen-bond donors (Lipinski definition) is 1. The fourth-order valence-electron chi connectivity index (χ4n) is 3.15. The molecule has 162 valence electrons. The average Bonchev–Trinajstić information content (AvgIpc) is 3.06. The number of carbonyl (C=O) groups excluding carboxylic acids is 1. The lowest BCUT2D eigenvalue weighted by Crippen LogP contribution is -2.41. The van der Waals surface area contributed by atoms with Crippen LogP contribution in [0.4, 0.5) is 4.79 Å². The number of rotatable bonds is 4. The highest BCUT2D eigenvalue weighted by atomic mass is 16.7. The first-order valence-corrected chi connectivity index (χ1v) is 10.2. The van der Waals surface area contributed by atoms with Crippen LogP contribution < -0.4 is 5.32 Å². The number of nitrogens with one attached hydrogen (secondary N) is 1. The lowest BCUT2D eigenvalue weighted by atomic mass is 9.77. The van der Waals surface area contributed by atoms with Crippen LogP contribution >= 0.6 is 0 Å². The fraction of sp³-hybridized carbons (Fsp3) is 0.545. The van der Waals surface area contributed by atoms with Crippen molar-refractivity contribution >= 4 is 30.2 Å². The minimum Gasteiger partial charge on any atom is -0.444 e. The Bertz CT molecular complexity index is 956. The normalized spacial score (nSPS) is 18.7. The van der Waals surface area contributed by atoms with E-state index in [-0.39, 0.29) is 6.54 Å². The van der Waals surface area contributed by atoms with Gasteiger partial charge in [0.2, 0.25) is 0 Å². The third kappa shape index (κ3) is 4.87. The van der Waals surface area contributed by atoms with Gasteiger partial charge in [-0.2, -0.15) is 5.10 Å². The first kappa shape index (κ1) is 22.4. The van der Waals surface area contributed by atoms with Gasteiger partial charge >= 0.3 is 13.2 Å². The Morgan fingerprint density at radius 3 is 2.47 bits per heavy atom. The minimum absolute atomic E-state index is 0.245. The molecule has 8 heteroatoms. The molecule has 2 heterocycles. The minimum atomic E-state index is -0.577. The summed E-state index contributed by atoms with van der Waals surface area (Å²) in [6, 6.07) is 6.10. The molecule has 0 atom stereocenters. The molecule has 1 N–H and O–H groups in total. The molecule has 1 aliphatic rings. The van der Waals surface area contributed by atoms with Gasteiger partial charge < -0.3 is 19.4 Å². The number of fused-ring (bicyclic) bond motifs is 1. The topological polar surface area (TPSA) is 74.6 Å². The molecule has 1 amide bonds. The van der Waals surface area contributed by atoms with Crippen LogP contribution in [0.25, 0.3) is 17.0 Å². The fourth-order valence-corrected chi connectivity index (χ4v) is 3.15. The number of hydrogen-bond acceptors (Lipinski definition) is 5. The van der Waals surface area contributed by atoms with Gasteiger partial charge in [0.15, 0.2) is 0 Å². The van der Waals surface area contributed by atoms with E-state index in [4.69, 9.17) is 14.0 Å². The summed E-state index contributed by atoms with van der Waals surface area (Å²) >= 11 is 0. The molecule has 0 bridgehead atoms. The van der Waals surface area contributed by atoms with E-state index >= 15 is 0 Å². The van der Waals surface area contributed by atoms with E-state index in [1.54, 1.807) is 0 Å². The van der Waals surface area contributed by atoms with Crippen molar-refractivity contribution in [3.05, 3.63) is 35.4 Å². The van der Waals surface area contributed by atoms with Gasteiger partial charge in [-0.3, -0.25) is 4.68 Å². The molecule has 0 radical (unpaired) electrons. The van der Waals surface area contributed by atoms with Crippen molar-refractivity contribution < 1.29 is 18.8 Å². The quantitative estimate of drug-likeness (QED) is 0.764. The Morgan fingerprint density at radius 2 is 1.87 bits per heavy atom. The second kappa shape index (κ2) is 7.74. The van der Waals surface area contributed by atoms with Crippen LogP contribution in [0.2, 0.25) is 0 Å². The number of nitrogens with zero attached hydrogens (tertiary/aromatic N) is 2. The van der Waals surface area contributed by atoms with E-state index in [1.807, 2.05) is 84.6 Å². The highest BCUT2D eigenvalue weighted by molar-refractivity contribution is 6.56. The van der Waals surface area contributed by atoms with Crippen LogP contribution in [0, 0.1) is 0 Å². The molecule has 0 saturated carbocycles. The molecule has 0 spiro atoms.